The van der Waals surface area contributed by atoms with Gasteiger partial charge in [0.05, 0.1) is 11.2 Å². The van der Waals surface area contributed by atoms with E-state index in [0.29, 0.717) is 5.92 Å². The lowest BCUT2D eigenvalue weighted by molar-refractivity contribution is 0.0846. The number of aromatic amines is 1. The average molecular weight is 304 g/mol. The highest BCUT2D eigenvalue weighted by atomic mass is 16.5. The van der Waals surface area contributed by atoms with Crippen molar-refractivity contribution >= 4 is 22.8 Å². The second-order valence-electron chi connectivity index (χ2n) is 6.02. The lowest BCUT2D eigenvalue weighted by Gasteiger charge is -2.20. The minimum atomic E-state index is 0.579. The molecule has 2 aromatic carbocycles. The van der Waals surface area contributed by atoms with Gasteiger partial charge in [-0.3, -0.25) is 4.99 Å². The second-order valence-corrected chi connectivity index (χ2v) is 6.02. The Balaban J connectivity index is 1.67. The van der Waals surface area contributed by atoms with Gasteiger partial charge >= 0.3 is 0 Å². The molecular weight excluding hydrogens is 284 g/mol. The van der Waals surface area contributed by atoms with Crippen molar-refractivity contribution in [2.75, 3.05) is 13.2 Å². The first kappa shape index (κ1) is 14.2. The summed E-state index contributed by atoms with van der Waals surface area (Å²) in [4.78, 5) is 8.21. The van der Waals surface area contributed by atoms with Crippen molar-refractivity contribution in [3.05, 3.63) is 65.9 Å². The summed E-state index contributed by atoms with van der Waals surface area (Å²) in [6.07, 6.45) is 4.14. The molecule has 116 valence electrons. The van der Waals surface area contributed by atoms with Crippen molar-refractivity contribution in [3.63, 3.8) is 0 Å². The van der Waals surface area contributed by atoms with Crippen LogP contribution in [0.25, 0.3) is 10.9 Å². The van der Waals surface area contributed by atoms with Crippen LogP contribution >= 0.6 is 0 Å². The summed E-state index contributed by atoms with van der Waals surface area (Å²) >= 11 is 0. The second kappa shape index (κ2) is 6.39. The van der Waals surface area contributed by atoms with Crippen LogP contribution in [0.4, 0.5) is 5.69 Å². The molecule has 1 fully saturated rings. The average Bonchev–Trinajstić information content (AvgIpc) is 3.06. The Bertz CT molecular complexity index is 814. The van der Waals surface area contributed by atoms with Crippen molar-refractivity contribution in [2.24, 2.45) is 4.99 Å². The summed E-state index contributed by atoms with van der Waals surface area (Å²) in [5.74, 6) is 0.579. The van der Waals surface area contributed by atoms with Gasteiger partial charge < -0.3 is 9.72 Å². The number of rotatable bonds is 3. The molecule has 3 aromatic rings. The van der Waals surface area contributed by atoms with E-state index < -0.39 is 0 Å². The van der Waals surface area contributed by atoms with Crippen LogP contribution in [0, 0.1) is 0 Å². The number of H-pyrrole nitrogens is 1. The van der Waals surface area contributed by atoms with E-state index in [0.717, 1.165) is 37.3 Å². The van der Waals surface area contributed by atoms with Gasteiger partial charge in [0, 0.05) is 42.0 Å². The van der Waals surface area contributed by atoms with E-state index in [-0.39, 0.29) is 0 Å². The van der Waals surface area contributed by atoms with Crippen molar-refractivity contribution in [2.45, 2.75) is 18.8 Å². The number of para-hydroxylation sites is 2. The Morgan fingerprint density at radius 2 is 1.83 bits per heavy atom. The summed E-state index contributed by atoms with van der Waals surface area (Å²) in [6.45, 7) is 1.73. The zero-order valence-corrected chi connectivity index (χ0v) is 13.0. The molecule has 23 heavy (non-hydrogen) atoms. The number of aromatic nitrogens is 1. The summed E-state index contributed by atoms with van der Waals surface area (Å²) in [6, 6.07) is 18.7. The third kappa shape index (κ3) is 3.06. The van der Waals surface area contributed by atoms with E-state index in [1.54, 1.807) is 0 Å². The molecule has 0 saturated carbocycles. The quantitative estimate of drug-likeness (QED) is 0.693. The van der Waals surface area contributed by atoms with E-state index in [4.69, 9.17) is 4.74 Å². The molecule has 0 amide bonds. The zero-order valence-electron chi connectivity index (χ0n) is 13.0. The van der Waals surface area contributed by atoms with Gasteiger partial charge in [-0.2, -0.15) is 0 Å². The lowest BCUT2D eigenvalue weighted by atomic mass is 9.97. The molecule has 3 heteroatoms. The van der Waals surface area contributed by atoms with Crippen LogP contribution in [0.15, 0.2) is 59.6 Å². The molecule has 3 nitrogen and oxygen atoms in total. The van der Waals surface area contributed by atoms with Crippen LogP contribution in [0.1, 0.15) is 30.0 Å². The number of aliphatic imine (C=N–C) groups is 1. The van der Waals surface area contributed by atoms with Crippen LogP contribution in [-0.4, -0.2) is 24.4 Å². The van der Waals surface area contributed by atoms with E-state index in [1.165, 1.54) is 16.6 Å². The molecule has 4 rings (SSSR count). The van der Waals surface area contributed by atoms with Gasteiger partial charge in [0.1, 0.15) is 0 Å². The van der Waals surface area contributed by atoms with Crippen LogP contribution in [0.3, 0.4) is 0 Å². The van der Waals surface area contributed by atoms with E-state index in [9.17, 15) is 0 Å². The minimum Gasteiger partial charge on any atom is -0.381 e. The molecule has 1 saturated heterocycles. The number of hydrogen-bond donors (Lipinski definition) is 1. The molecule has 0 atom stereocenters. The molecule has 1 N–H and O–H groups in total. The minimum absolute atomic E-state index is 0.579. The molecular formula is C20H20N2O. The van der Waals surface area contributed by atoms with Gasteiger partial charge in [-0.1, -0.05) is 36.4 Å². The Kier molecular flexibility index (Phi) is 3.95. The van der Waals surface area contributed by atoms with Gasteiger partial charge in [0.25, 0.3) is 0 Å². The first-order chi connectivity index (χ1) is 11.4. The number of ether oxygens (including phenoxy) is 1. The van der Waals surface area contributed by atoms with E-state index >= 15 is 0 Å². The fraction of sp³-hybridized carbons (Fsp3) is 0.250. The van der Waals surface area contributed by atoms with Gasteiger partial charge in [-0.25, -0.2) is 0 Å². The van der Waals surface area contributed by atoms with Crippen molar-refractivity contribution in [3.8, 4) is 0 Å². The maximum absolute atomic E-state index is 5.47. The van der Waals surface area contributed by atoms with Crippen molar-refractivity contribution in [1.29, 1.82) is 0 Å². The van der Waals surface area contributed by atoms with Crippen LogP contribution in [-0.2, 0) is 4.74 Å². The molecule has 0 aliphatic carbocycles. The number of benzene rings is 2. The highest BCUT2D eigenvalue weighted by molar-refractivity contribution is 5.99. The maximum atomic E-state index is 5.47. The molecule has 0 spiro atoms. The monoisotopic (exact) mass is 304 g/mol. The largest absolute Gasteiger partial charge is 0.381 e. The maximum Gasteiger partial charge on any atom is 0.0629 e. The third-order valence-electron chi connectivity index (χ3n) is 4.48. The highest BCUT2D eigenvalue weighted by Crippen LogP contribution is 2.30. The van der Waals surface area contributed by atoms with Gasteiger partial charge in [-0.15, -0.1) is 0 Å². The molecule has 1 aliphatic rings. The van der Waals surface area contributed by atoms with Gasteiger partial charge in [0.15, 0.2) is 0 Å². The molecule has 0 bridgehead atoms. The van der Waals surface area contributed by atoms with E-state index in [2.05, 4.69) is 34.2 Å². The summed E-state index contributed by atoms with van der Waals surface area (Å²) in [5, 5.41) is 1.25. The lowest BCUT2D eigenvalue weighted by Crippen LogP contribution is -2.14. The fourth-order valence-electron chi connectivity index (χ4n) is 3.20. The van der Waals surface area contributed by atoms with Crippen molar-refractivity contribution < 1.29 is 4.74 Å². The summed E-state index contributed by atoms with van der Waals surface area (Å²) in [7, 11) is 0. The number of hydrogen-bond acceptors (Lipinski definition) is 2. The number of nitrogens with zero attached hydrogens (tertiary/aromatic N) is 1. The van der Waals surface area contributed by atoms with Crippen molar-refractivity contribution in [1.82, 2.24) is 4.98 Å². The standard InChI is InChI=1S/C20H20N2O/c1-2-7-18(8-3-1)21-14-17-6-4-5-16-13-19(22-20(16)17)15-9-11-23-12-10-15/h1-8,13-15,22H,9-12H2/b21-14+. The molecule has 2 heterocycles. The van der Waals surface area contributed by atoms with Crippen LogP contribution < -0.4 is 0 Å². The number of nitrogens with one attached hydrogen (secondary N) is 1. The van der Waals surface area contributed by atoms with E-state index in [1.807, 2.05) is 36.5 Å². The normalized spacial score (nSPS) is 16.3. The predicted molar refractivity (Wildman–Crippen MR) is 94.8 cm³/mol. The Morgan fingerprint density at radius 3 is 2.65 bits per heavy atom. The Morgan fingerprint density at radius 1 is 1.00 bits per heavy atom. The first-order valence-electron chi connectivity index (χ1n) is 8.19. The highest BCUT2D eigenvalue weighted by Gasteiger charge is 2.18. The Hall–Kier alpha value is -2.39. The fourth-order valence-corrected chi connectivity index (χ4v) is 3.20. The SMILES string of the molecule is C(=N\c1ccccc1)/c1cccc2cc(C3CCOCC3)[nH]c12. The third-order valence-corrected chi connectivity index (χ3v) is 4.48. The van der Waals surface area contributed by atoms with Crippen LogP contribution in [0.5, 0.6) is 0 Å². The predicted octanol–water partition coefficient (Wildman–Crippen LogP) is 4.81. The number of fused-ring (bicyclic) bond motifs is 1. The zero-order chi connectivity index (χ0) is 15.5. The Labute approximate surface area is 136 Å². The summed E-state index contributed by atoms with van der Waals surface area (Å²) < 4.78 is 5.47. The van der Waals surface area contributed by atoms with Gasteiger partial charge in [-0.05, 0) is 31.0 Å². The smallest absolute Gasteiger partial charge is 0.0629 e. The first-order valence-corrected chi connectivity index (χ1v) is 8.19. The molecule has 0 unspecified atom stereocenters. The molecule has 0 radical (unpaired) electrons. The van der Waals surface area contributed by atoms with Gasteiger partial charge in [0.2, 0.25) is 0 Å². The molecule has 1 aliphatic heterocycles. The topological polar surface area (TPSA) is 37.4 Å². The molecule has 1 aromatic heterocycles. The summed E-state index contributed by atoms with van der Waals surface area (Å²) in [5.41, 5.74) is 4.60. The van der Waals surface area contributed by atoms with Crippen LogP contribution in [0.2, 0.25) is 0 Å².